The minimum atomic E-state index is -0.271. The van der Waals surface area contributed by atoms with E-state index in [9.17, 15) is 9.18 Å². The maximum Gasteiger partial charge on any atom is 0.219 e. The van der Waals surface area contributed by atoms with Crippen LogP contribution in [0.1, 0.15) is 29.5 Å². The molecule has 1 aliphatic heterocycles. The predicted octanol–water partition coefficient (Wildman–Crippen LogP) is 5.11. The van der Waals surface area contributed by atoms with Crippen molar-refractivity contribution >= 4 is 5.91 Å². The van der Waals surface area contributed by atoms with Gasteiger partial charge in [0.05, 0.1) is 14.2 Å². The molecule has 0 aliphatic carbocycles. The lowest BCUT2D eigenvalue weighted by Gasteiger charge is -2.28. The lowest BCUT2D eigenvalue weighted by molar-refractivity contribution is -0.130. The molecule has 2 atom stereocenters. The van der Waals surface area contributed by atoms with Crippen molar-refractivity contribution in [1.29, 1.82) is 0 Å². The summed E-state index contributed by atoms with van der Waals surface area (Å²) < 4.78 is 24.0. The predicted molar refractivity (Wildman–Crippen MR) is 135 cm³/mol. The summed E-state index contributed by atoms with van der Waals surface area (Å²) in [7, 11) is 3.34. The third-order valence-corrected chi connectivity index (χ3v) is 6.81. The number of ether oxygens (including phenoxy) is 2. The van der Waals surface area contributed by atoms with E-state index in [1.54, 1.807) is 33.3 Å². The van der Waals surface area contributed by atoms with E-state index in [4.69, 9.17) is 9.47 Å². The molecule has 0 bridgehead atoms. The van der Waals surface area contributed by atoms with Crippen molar-refractivity contribution in [2.24, 2.45) is 5.92 Å². The number of amides is 1. The van der Waals surface area contributed by atoms with Crippen LogP contribution in [0.25, 0.3) is 0 Å². The maximum atomic E-state index is 13.4. The van der Waals surface area contributed by atoms with Crippen molar-refractivity contribution in [2.75, 3.05) is 33.9 Å². The van der Waals surface area contributed by atoms with E-state index in [1.165, 1.54) is 23.3 Å². The summed E-state index contributed by atoms with van der Waals surface area (Å²) in [6, 6.07) is 22.8. The monoisotopic (exact) mass is 476 g/mol. The smallest absolute Gasteiger partial charge is 0.219 e. The largest absolute Gasteiger partial charge is 0.497 e. The standard InChI is InChI=1S/C29H33FN2O3/c1-21(33)32(17-23-4-10-26(30)11-5-23)19-25-18-31(16-22-6-12-27(34-2)13-7-22)20-29(25)24-8-14-28(35-3)15-9-24/h4-15,25,29H,16-20H2,1-3H3. The van der Waals surface area contributed by atoms with E-state index < -0.39 is 0 Å². The number of halogens is 1. The van der Waals surface area contributed by atoms with Gasteiger partial charge in [0.25, 0.3) is 0 Å². The first kappa shape index (κ1) is 24.7. The zero-order valence-electron chi connectivity index (χ0n) is 20.6. The molecule has 2 unspecified atom stereocenters. The molecule has 1 fully saturated rings. The molecule has 1 heterocycles. The molecule has 3 aromatic carbocycles. The molecule has 0 aromatic heterocycles. The fraction of sp³-hybridized carbons (Fsp3) is 0.345. The van der Waals surface area contributed by atoms with Crippen molar-refractivity contribution < 1.29 is 18.7 Å². The van der Waals surface area contributed by atoms with Crippen LogP contribution in [0, 0.1) is 11.7 Å². The molecule has 3 aromatic rings. The van der Waals surface area contributed by atoms with E-state index in [0.717, 1.165) is 36.7 Å². The van der Waals surface area contributed by atoms with Gasteiger partial charge in [0.15, 0.2) is 0 Å². The average molecular weight is 477 g/mol. The van der Waals surface area contributed by atoms with E-state index >= 15 is 0 Å². The van der Waals surface area contributed by atoms with Crippen LogP contribution in [0.2, 0.25) is 0 Å². The minimum Gasteiger partial charge on any atom is -0.497 e. The Kier molecular flexibility index (Phi) is 8.03. The highest BCUT2D eigenvalue weighted by atomic mass is 19.1. The Morgan fingerprint density at radius 1 is 0.886 bits per heavy atom. The van der Waals surface area contributed by atoms with Gasteiger partial charge in [0.1, 0.15) is 17.3 Å². The molecule has 0 N–H and O–H groups in total. The normalized spacial score (nSPS) is 17.8. The summed E-state index contributed by atoms with van der Waals surface area (Å²) in [6.07, 6.45) is 0. The van der Waals surface area contributed by atoms with Gasteiger partial charge >= 0.3 is 0 Å². The third kappa shape index (κ3) is 6.40. The lowest BCUT2D eigenvalue weighted by Crippen LogP contribution is -2.35. The van der Waals surface area contributed by atoms with E-state index in [1.807, 2.05) is 29.2 Å². The second-order valence-corrected chi connectivity index (χ2v) is 9.21. The molecule has 1 saturated heterocycles. The van der Waals surface area contributed by atoms with Crippen LogP contribution in [0.4, 0.5) is 4.39 Å². The van der Waals surface area contributed by atoms with E-state index in [0.29, 0.717) is 13.1 Å². The van der Waals surface area contributed by atoms with Gasteiger partial charge in [0, 0.05) is 45.6 Å². The van der Waals surface area contributed by atoms with Crippen LogP contribution in [0.15, 0.2) is 72.8 Å². The molecular weight excluding hydrogens is 443 g/mol. The minimum absolute atomic E-state index is 0.0245. The van der Waals surface area contributed by atoms with Crippen molar-refractivity contribution in [1.82, 2.24) is 9.80 Å². The van der Waals surface area contributed by atoms with E-state index in [2.05, 4.69) is 29.2 Å². The van der Waals surface area contributed by atoms with Crippen LogP contribution in [0.3, 0.4) is 0 Å². The Morgan fingerprint density at radius 2 is 1.46 bits per heavy atom. The summed E-state index contributed by atoms with van der Waals surface area (Å²) in [5.41, 5.74) is 3.41. The molecule has 35 heavy (non-hydrogen) atoms. The number of nitrogens with zero attached hydrogens (tertiary/aromatic N) is 2. The first-order valence-corrected chi connectivity index (χ1v) is 11.9. The average Bonchev–Trinajstić information content (AvgIpc) is 3.27. The molecule has 1 aliphatic rings. The molecule has 0 spiro atoms. The number of methoxy groups -OCH3 is 2. The van der Waals surface area contributed by atoms with E-state index in [-0.39, 0.29) is 23.6 Å². The van der Waals surface area contributed by atoms with Crippen LogP contribution in [-0.2, 0) is 17.9 Å². The van der Waals surface area contributed by atoms with Crippen molar-refractivity contribution in [3.8, 4) is 11.5 Å². The van der Waals surface area contributed by atoms with Gasteiger partial charge in [-0.05, 0) is 59.0 Å². The van der Waals surface area contributed by atoms with Crippen molar-refractivity contribution in [3.63, 3.8) is 0 Å². The number of carbonyl (C=O) groups excluding carboxylic acids is 1. The number of rotatable bonds is 9. The molecular formula is C29H33FN2O3. The van der Waals surface area contributed by atoms with Gasteiger partial charge in [-0.15, -0.1) is 0 Å². The number of hydrogen-bond acceptors (Lipinski definition) is 4. The lowest BCUT2D eigenvalue weighted by atomic mass is 9.88. The first-order valence-electron chi connectivity index (χ1n) is 11.9. The summed E-state index contributed by atoms with van der Waals surface area (Å²) in [6.45, 7) is 5.35. The molecule has 6 heteroatoms. The number of likely N-dealkylation sites (tertiary alicyclic amines) is 1. The number of benzene rings is 3. The molecule has 0 radical (unpaired) electrons. The second kappa shape index (κ2) is 11.4. The Hall–Kier alpha value is -3.38. The molecule has 1 amide bonds. The fourth-order valence-electron chi connectivity index (χ4n) is 4.89. The van der Waals surface area contributed by atoms with Gasteiger partial charge in [0.2, 0.25) is 5.91 Å². The summed E-state index contributed by atoms with van der Waals surface area (Å²) in [5, 5.41) is 0. The Labute approximate surface area is 207 Å². The highest BCUT2D eigenvalue weighted by Crippen LogP contribution is 2.35. The van der Waals surface area contributed by atoms with Crippen LogP contribution in [0.5, 0.6) is 11.5 Å². The number of hydrogen-bond donors (Lipinski definition) is 0. The van der Waals surface area contributed by atoms with Crippen LogP contribution in [-0.4, -0.2) is 49.6 Å². The van der Waals surface area contributed by atoms with Crippen LogP contribution >= 0.6 is 0 Å². The Morgan fingerprint density at radius 3 is 2.03 bits per heavy atom. The van der Waals surface area contributed by atoms with Gasteiger partial charge in [-0.1, -0.05) is 36.4 Å². The molecule has 4 rings (SSSR count). The topological polar surface area (TPSA) is 42.0 Å². The zero-order chi connectivity index (χ0) is 24.8. The number of carbonyl (C=O) groups is 1. The van der Waals surface area contributed by atoms with Gasteiger partial charge < -0.3 is 14.4 Å². The van der Waals surface area contributed by atoms with Crippen molar-refractivity contribution in [2.45, 2.75) is 25.9 Å². The van der Waals surface area contributed by atoms with Gasteiger partial charge in [-0.25, -0.2) is 4.39 Å². The SMILES string of the molecule is COc1ccc(CN2CC(CN(Cc3ccc(F)cc3)C(C)=O)C(c3ccc(OC)cc3)C2)cc1. The molecule has 0 saturated carbocycles. The quantitative estimate of drug-likeness (QED) is 0.431. The first-order chi connectivity index (χ1) is 16.9. The van der Waals surface area contributed by atoms with Crippen LogP contribution < -0.4 is 9.47 Å². The third-order valence-electron chi connectivity index (χ3n) is 6.81. The van der Waals surface area contributed by atoms with Gasteiger partial charge in [-0.3, -0.25) is 9.69 Å². The fourth-order valence-corrected chi connectivity index (χ4v) is 4.89. The maximum absolute atomic E-state index is 13.4. The van der Waals surface area contributed by atoms with Crippen molar-refractivity contribution in [3.05, 3.63) is 95.3 Å². The molecule has 5 nitrogen and oxygen atoms in total. The highest BCUT2D eigenvalue weighted by molar-refractivity contribution is 5.73. The Balaban J connectivity index is 1.53. The summed E-state index contributed by atoms with van der Waals surface area (Å²) in [5.74, 6) is 1.99. The summed E-state index contributed by atoms with van der Waals surface area (Å²) >= 11 is 0. The zero-order valence-corrected chi connectivity index (χ0v) is 20.6. The second-order valence-electron chi connectivity index (χ2n) is 9.21. The molecule has 184 valence electrons. The van der Waals surface area contributed by atoms with Gasteiger partial charge in [-0.2, -0.15) is 0 Å². The highest BCUT2D eigenvalue weighted by Gasteiger charge is 2.35. The Bertz CT molecular complexity index is 1100. The summed E-state index contributed by atoms with van der Waals surface area (Å²) in [4.78, 5) is 16.9.